The largest absolute Gasteiger partial charge is 0.506 e. The molecule has 4 aromatic rings. The molecular weight excluding hydrogens is 664 g/mol. The maximum absolute atomic E-state index is 13.8. The third-order valence-electron chi connectivity index (χ3n) is 6.76. The van der Waals surface area contributed by atoms with Gasteiger partial charge in [-0.25, -0.2) is 0 Å². The minimum atomic E-state index is -5.82. The average molecular weight is 686 g/mol. The van der Waals surface area contributed by atoms with Gasteiger partial charge in [0.05, 0.1) is 22.5 Å². The molecule has 6 nitrogen and oxygen atoms in total. The number of alkyl halides is 12. The Labute approximate surface area is 256 Å². The van der Waals surface area contributed by atoms with Crippen molar-refractivity contribution in [1.29, 1.82) is 0 Å². The molecule has 0 fully saturated rings. The number of nitrogen functional groups attached to an aromatic ring is 4. The van der Waals surface area contributed by atoms with E-state index in [4.69, 9.17) is 22.9 Å². The summed E-state index contributed by atoms with van der Waals surface area (Å²) in [6.45, 7) is 0. The number of hydrogen-bond acceptors (Lipinski definition) is 6. The SMILES string of the molecule is Nc1cc(C(c2ccc(O)c(N)c2)(C(F)(F)F)C(F)(F)F)ccc1O.Nc1ccc(-c2ccc(N)cc2C(F)(F)F)c(C(F)(F)F)c1. The number of anilines is 4. The molecule has 47 heavy (non-hydrogen) atoms. The van der Waals surface area contributed by atoms with E-state index in [1.807, 2.05) is 0 Å². The molecule has 0 bridgehead atoms. The highest BCUT2D eigenvalue weighted by atomic mass is 19.4. The van der Waals surface area contributed by atoms with Crippen LogP contribution < -0.4 is 22.9 Å². The van der Waals surface area contributed by atoms with Crippen LogP contribution in [0, 0.1) is 0 Å². The zero-order valence-corrected chi connectivity index (χ0v) is 23.2. The van der Waals surface area contributed by atoms with Gasteiger partial charge >= 0.3 is 24.7 Å². The predicted molar refractivity (Wildman–Crippen MR) is 149 cm³/mol. The number of benzene rings is 4. The van der Waals surface area contributed by atoms with E-state index < -0.39 is 86.4 Å². The third kappa shape index (κ3) is 7.15. The lowest BCUT2D eigenvalue weighted by Crippen LogP contribution is -2.54. The molecule has 0 spiro atoms. The van der Waals surface area contributed by atoms with Crippen molar-refractivity contribution in [2.75, 3.05) is 22.9 Å². The standard InChI is InChI=1S/C15H12F6N2O2.C14H10F6N2/c16-14(17,18)13(15(19,20)21,7-1-3-11(24)9(22)5-7)8-2-4-12(25)10(23)6-8;15-13(16,17)11-5-7(21)1-3-9(11)10-4-2-8(22)6-12(10)14(18,19)20/h1-6,24-25H,22-23H2;1-6H,21-22H2. The first-order valence-electron chi connectivity index (χ1n) is 12.6. The van der Waals surface area contributed by atoms with E-state index in [1.54, 1.807) is 0 Å². The van der Waals surface area contributed by atoms with E-state index in [-0.39, 0.29) is 11.4 Å². The van der Waals surface area contributed by atoms with Gasteiger partial charge in [-0.1, -0.05) is 24.3 Å². The van der Waals surface area contributed by atoms with Crippen LogP contribution in [0.5, 0.6) is 11.5 Å². The molecule has 0 saturated heterocycles. The van der Waals surface area contributed by atoms with Gasteiger partial charge in [0, 0.05) is 11.4 Å². The van der Waals surface area contributed by atoms with Crippen LogP contribution in [0.1, 0.15) is 22.3 Å². The molecule has 0 amide bonds. The normalized spacial score (nSPS) is 12.8. The van der Waals surface area contributed by atoms with E-state index in [2.05, 4.69) is 0 Å². The lowest BCUT2D eigenvalue weighted by atomic mass is 9.72. The van der Waals surface area contributed by atoms with E-state index in [1.165, 1.54) is 0 Å². The van der Waals surface area contributed by atoms with Crippen LogP contribution in [0.4, 0.5) is 75.4 Å². The molecule has 0 unspecified atom stereocenters. The maximum Gasteiger partial charge on any atom is 0.417 e. The molecule has 0 aromatic heterocycles. The topological polar surface area (TPSA) is 145 Å². The summed E-state index contributed by atoms with van der Waals surface area (Å²) in [5, 5.41) is 18.7. The van der Waals surface area contributed by atoms with Gasteiger partial charge in [0.25, 0.3) is 0 Å². The van der Waals surface area contributed by atoms with Crippen molar-refractivity contribution in [1.82, 2.24) is 0 Å². The number of halogens is 12. The van der Waals surface area contributed by atoms with Gasteiger partial charge in [0.15, 0.2) is 0 Å². The summed E-state index contributed by atoms with van der Waals surface area (Å²) < 4.78 is 161. The summed E-state index contributed by atoms with van der Waals surface area (Å²) >= 11 is 0. The van der Waals surface area contributed by atoms with Crippen molar-refractivity contribution < 1.29 is 62.9 Å². The van der Waals surface area contributed by atoms with Crippen LogP contribution in [0.3, 0.4) is 0 Å². The Morgan fingerprint density at radius 2 is 0.745 bits per heavy atom. The quantitative estimate of drug-likeness (QED) is 0.0728. The van der Waals surface area contributed by atoms with E-state index >= 15 is 0 Å². The zero-order chi connectivity index (χ0) is 35.9. The predicted octanol–water partition coefficient (Wildman–Crippen LogP) is 8.23. The Kier molecular flexibility index (Phi) is 9.44. The number of phenolic OH excluding ortho intramolecular Hbond substituents is 2. The minimum Gasteiger partial charge on any atom is -0.506 e. The van der Waals surface area contributed by atoms with Gasteiger partial charge in [-0.05, 0) is 70.8 Å². The summed E-state index contributed by atoms with van der Waals surface area (Å²) in [6, 6.07) is 8.31. The summed E-state index contributed by atoms with van der Waals surface area (Å²) in [5.41, 5.74) is 8.89. The number of hydrogen-bond donors (Lipinski definition) is 6. The molecule has 10 N–H and O–H groups in total. The van der Waals surface area contributed by atoms with Crippen LogP contribution in [-0.4, -0.2) is 22.6 Å². The van der Waals surface area contributed by atoms with E-state index in [9.17, 15) is 62.9 Å². The molecule has 0 saturated carbocycles. The van der Waals surface area contributed by atoms with Crippen LogP contribution >= 0.6 is 0 Å². The van der Waals surface area contributed by atoms with E-state index in [0.29, 0.717) is 48.5 Å². The van der Waals surface area contributed by atoms with Gasteiger partial charge < -0.3 is 33.1 Å². The zero-order valence-electron chi connectivity index (χ0n) is 23.2. The fourth-order valence-corrected chi connectivity index (χ4v) is 4.62. The smallest absolute Gasteiger partial charge is 0.417 e. The summed E-state index contributed by atoms with van der Waals surface area (Å²) in [7, 11) is 0. The summed E-state index contributed by atoms with van der Waals surface area (Å²) in [4.78, 5) is 0. The van der Waals surface area contributed by atoms with Gasteiger partial charge in [0.2, 0.25) is 5.41 Å². The highest BCUT2D eigenvalue weighted by Gasteiger charge is 2.72. The molecule has 0 aliphatic carbocycles. The van der Waals surface area contributed by atoms with Crippen molar-refractivity contribution >= 4 is 22.7 Å². The molecule has 18 heteroatoms. The fourth-order valence-electron chi connectivity index (χ4n) is 4.62. The number of nitrogens with two attached hydrogens (primary N) is 4. The van der Waals surface area contributed by atoms with Crippen LogP contribution in [0.15, 0.2) is 72.8 Å². The second kappa shape index (κ2) is 12.2. The highest BCUT2D eigenvalue weighted by Crippen LogP contribution is 2.57. The Morgan fingerprint density at radius 3 is 1.00 bits per heavy atom. The molecular formula is C29H22F12N4O2. The first-order valence-corrected chi connectivity index (χ1v) is 12.6. The first-order chi connectivity index (χ1) is 21.3. The Bertz CT molecular complexity index is 1640. The van der Waals surface area contributed by atoms with Crippen molar-refractivity contribution in [2.45, 2.75) is 30.1 Å². The lowest BCUT2D eigenvalue weighted by molar-refractivity contribution is -0.288. The van der Waals surface area contributed by atoms with Gasteiger partial charge in [0.1, 0.15) is 11.5 Å². The molecule has 0 aliphatic heterocycles. The summed E-state index contributed by atoms with van der Waals surface area (Å²) in [5.74, 6) is -1.32. The number of phenols is 2. The van der Waals surface area contributed by atoms with Crippen molar-refractivity contribution in [2.24, 2.45) is 0 Å². The van der Waals surface area contributed by atoms with Crippen LogP contribution in [0.2, 0.25) is 0 Å². The molecule has 0 heterocycles. The monoisotopic (exact) mass is 686 g/mol. The van der Waals surface area contributed by atoms with Gasteiger partial charge in [-0.15, -0.1) is 0 Å². The van der Waals surface area contributed by atoms with E-state index in [0.717, 1.165) is 24.3 Å². The van der Waals surface area contributed by atoms with Gasteiger partial charge in [-0.3, -0.25) is 0 Å². The minimum absolute atomic E-state index is 0.194. The first kappa shape index (κ1) is 36.3. The second-order valence-electron chi connectivity index (χ2n) is 9.90. The third-order valence-corrected chi connectivity index (χ3v) is 6.76. The van der Waals surface area contributed by atoms with Crippen LogP contribution in [-0.2, 0) is 17.8 Å². The Balaban J connectivity index is 0.000000257. The fraction of sp³-hybridized carbons (Fsp3) is 0.172. The molecule has 0 radical (unpaired) electrons. The summed E-state index contributed by atoms with van der Waals surface area (Å²) in [6.07, 6.45) is -21.3. The second-order valence-corrected chi connectivity index (χ2v) is 9.90. The average Bonchev–Trinajstić information content (AvgIpc) is 2.91. The van der Waals surface area contributed by atoms with Gasteiger partial charge in [-0.2, -0.15) is 52.7 Å². The Morgan fingerprint density at radius 1 is 0.426 bits per heavy atom. The number of aromatic hydroxyl groups is 2. The molecule has 4 rings (SSSR count). The van der Waals surface area contributed by atoms with Crippen molar-refractivity contribution in [3.8, 4) is 22.6 Å². The Hall–Kier alpha value is -5.16. The maximum atomic E-state index is 13.8. The van der Waals surface area contributed by atoms with Crippen molar-refractivity contribution in [3.05, 3.63) is 95.1 Å². The number of rotatable bonds is 3. The molecule has 0 aliphatic rings. The van der Waals surface area contributed by atoms with Crippen LogP contribution in [0.25, 0.3) is 11.1 Å². The lowest BCUT2D eigenvalue weighted by Gasteiger charge is -2.38. The highest BCUT2D eigenvalue weighted by molar-refractivity contribution is 5.75. The molecule has 0 atom stereocenters. The molecule has 4 aromatic carbocycles. The van der Waals surface area contributed by atoms with Crippen molar-refractivity contribution in [3.63, 3.8) is 0 Å². The molecule has 254 valence electrons.